The molecule has 1 N–H and O–H groups in total. The van der Waals surface area contributed by atoms with E-state index in [0.29, 0.717) is 28.7 Å². The molecule has 0 bridgehead atoms. The maximum absolute atomic E-state index is 12.8. The molecule has 4 rings (SSSR count). The number of rotatable bonds is 6. The molecule has 0 spiro atoms. The van der Waals surface area contributed by atoms with Gasteiger partial charge in [-0.05, 0) is 37.2 Å². The molecule has 156 valence electrons. The Morgan fingerprint density at radius 3 is 2.83 bits per heavy atom. The first-order valence-corrected chi connectivity index (χ1v) is 10.8. The summed E-state index contributed by atoms with van der Waals surface area (Å²) in [4.78, 5) is 22.0. The number of hydrogen-bond acceptors (Lipinski definition) is 4. The highest BCUT2D eigenvalue weighted by Crippen LogP contribution is 2.25. The Kier molecular flexibility index (Phi) is 6.62. The Labute approximate surface area is 182 Å². The number of benzene rings is 2. The van der Waals surface area contributed by atoms with E-state index in [1.54, 1.807) is 12.3 Å². The Hall–Kier alpha value is -2.47. The second kappa shape index (κ2) is 9.56. The molecular weight excluding hydrogens is 396 g/mol. The van der Waals surface area contributed by atoms with Gasteiger partial charge in [-0.2, -0.15) is 0 Å². The number of hydrogen-bond donors (Lipinski definition) is 1. The third kappa shape index (κ3) is 4.81. The molecule has 2 aromatic carbocycles. The molecule has 1 aromatic heterocycles. The Balaban J connectivity index is 1.36. The topological polar surface area (TPSA) is 48.5 Å². The molecule has 5 nitrogen and oxygen atoms in total. The van der Waals surface area contributed by atoms with Gasteiger partial charge in [0.1, 0.15) is 0 Å². The number of likely N-dealkylation sites (N-methyl/N-ethyl adjacent to an activating group) is 1. The Morgan fingerprint density at radius 1 is 1.17 bits per heavy atom. The SMILES string of the molecule is CN1CCN(CCCNC(=O)c2cc(Cl)cc3cccnc23)C(c2ccccc2)C1. The van der Waals surface area contributed by atoms with Crippen molar-refractivity contribution >= 4 is 28.4 Å². The van der Waals surface area contributed by atoms with Crippen LogP contribution in [0.15, 0.2) is 60.8 Å². The summed E-state index contributed by atoms with van der Waals surface area (Å²) < 4.78 is 0. The monoisotopic (exact) mass is 422 g/mol. The minimum Gasteiger partial charge on any atom is -0.352 e. The van der Waals surface area contributed by atoms with Crippen LogP contribution in [0, 0.1) is 0 Å². The predicted octanol–water partition coefficient (Wildman–Crippen LogP) is 4.00. The minimum atomic E-state index is -0.126. The van der Waals surface area contributed by atoms with Crippen molar-refractivity contribution in [3.8, 4) is 0 Å². The van der Waals surface area contributed by atoms with Gasteiger partial charge in [-0.25, -0.2) is 0 Å². The lowest BCUT2D eigenvalue weighted by atomic mass is 10.0. The summed E-state index contributed by atoms with van der Waals surface area (Å²) in [6.07, 6.45) is 2.59. The fourth-order valence-corrected chi connectivity index (χ4v) is 4.35. The zero-order valence-electron chi connectivity index (χ0n) is 17.2. The van der Waals surface area contributed by atoms with Crippen molar-refractivity contribution in [2.24, 2.45) is 0 Å². The normalized spacial score (nSPS) is 17.9. The van der Waals surface area contributed by atoms with E-state index in [9.17, 15) is 4.79 Å². The summed E-state index contributed by atoms with van der Waals surface area (Å²) in [6, 6.07) is 18.4. The molecule has 3 aromatic rings. The molecule has 0 radical (unpaired) electrons. The molecule has 1 saturated heterocycles. The van der Waals surface area contributed by atoms with Crippen LogP contribution in [0.4, 0.5) is 0 Å². The summed E-state index contributed by atoms with van der Waals surface area (Å²) in [6.45, 7) is 4.69. The van der Waals surface area contributed by atoms with Crippen LogP contribution in [0.5, 0.6) is 0 Å². The van der Waals surface area contributed by atoms with Gasteiger partial charge in [-0.15, -0.1) is 0 Å². The highest BCUT2D eigenvalue weighted by atomic mass is 35.5. The molecule has 1 atom stereocenters. The van der Waals surface area contributed by atoms with Crippen LogP contribution in [-0.2, 0) is 0 Å². The number of fused-ring (bicyclic) bond motifs is 1. The van der Waals surface area contributed by atoms with Crippen LogP contribution >= 0.6 is 11.6 Å². The highest BCUT2D eigenvalue weighted by Gasteiger charge is 2.26. The Bertz CT molecular complexity index is 1010. The van der Waals surface area contributed by atoms with Gasteiger partial charge in [0.15, 0.2) is 0 Å². The van der Waals surface area contributed by atoms with E-state index < -0.39 is 0 Å². The lowest BCUT2D eigenvalue weighted by Gasteiger charge is -2.40. The van der Waals surface area contributed by atoms with Gasteiger partial charge in [0.05, 0.1) is 11.1 Å². The minimum absolute atomic E-state index is 0.126. The maximum Gasteiger partial charge on any atom is 0.253 e. The Morgan fingerprint density at radius 2 is 2.00 bits per heavy atom. The quantitative estimate of drug-likeness (QED) is 0.610. The summed E-state index contributed by atoms with van der Waals surface area (Å²) in [7, 11) is 2.18. The molecule has 0 saturated carbocycles. The van der Waals surface area contributed by atoms with E-state index in [1.165, 1.54) is 5.56 Å². The first kappa shape index (κ1) is 20.8. The summed E-state index contributed by atoms with van der Waals surface area (Å²) >= 11 is 6.20. The molecule has 1 aliphatic rings. The smallest absolute Gasteiger partial charge is 0.253 e. The molecule has 1 aliphatic heterocycles. The highest BCUT2D eigenvalue weighted by molar-refractivity contribution is 6.32. The van der Waals surface area contributed by atoms with Gasteiger partial charge < -0.3 is 10.2 Å². The average Bonchev–Trinajstić information content (AvgIpc) is 2.77. The molecule has 2 heterocycles. The summed E-state index contributed by atoms with van der Waals surface area (Å²) in [5.41, 5.74) is 2.56. The van der Waals surface area contributed by atoms with Crippen molar-refractivity contribution in [1.82, 2.24) is 20.1 Å². The number of carbonyl (C=O) groups is 1. The second-order valence-electron chi connectivity index (χ2n) is 7.86. The second-order valence-corrected chi connectivity index (χ2v) is 8.30. The fraction of sp³-hybridized carbons (Fsp3) is 0.333. The number of aromatic nitrogens is 1. The van der Waals surface area contributed by atoms with E-state index in [-0.39, 0.29) is 5.91 Å². The predicted molar refractivity (Wildman–Crippen MR) is 122 cm³/mol. The van der Waals surface area contributed by atoms with Crippen LogP contribution in [0.3, 0.4) is 0 Å². The van der Waals surface area contributed by atoms with E-state index in [1.807, 2.05) is 18.2 Å². The van der Waals surface area contributed by atoms with Crippen molar-refractivity contribution in [1.29, 1.82) is 0 Å². The van der Waals surface area contributed by atoms with E-state index in [2.05, 4.69) is 57.5 Å². The molecular formula is C24H27ClN4O. The average molecular weight is 423 g/mol. The van der Waals surface area contributed by atoms with Gasteiger partial charge in [0.2, 0.25) is 0 Å². The van der Waals surface area contributed by atoms with Crippen LogP contribution in [-0.4, -0.2) is 60.5 Å². The van der Waals surface area contributed by atoms with E-state index in [0.717, 1.165) is 38.0 Å². The number of nitrogens with zero attached hydrogens (tertiary/aromatic N) is 3. The van der Waals surface area contributed by atoms with Crippen LogP contribution in [0.25, 0.3) is 10.9 Å². The first-order valence-electron chi connectivity index (χ1n) is 10.4. The molecule has 1 fully saturated rings. The number of piperazine rings is 1. The summed E-state index contributed by atoms with van der Waals surface area (Å²) in [5, 5.41) is 4.47. The van der Waals surface area contributed by atoms with Gasteiger partial charge in [-0.1, -0.05) is 48.0 Å². The standard InChI is InChI=1S/C24H27ClN4O/c1-28-13-14-29(22(17-28)18-7-3-2-4-8-18)12-6-11-27-24(30)21-16-20(25)15-19-9-5-10-26-23(19)21/h2-5,7-10,15-16,22H,6,11-14,17H2,1H3,(H,27,30). The van der Waals surface area contributed by atoms with E-state index in [4.69, 9.17) is 11.6 Å². The fourth-order valence-electron chi connectivity index (χ4n) is 4.12. The van der Waals surface area contributed by atoms with Crippen LogP contribution in [0.1, 0.15) is 28.4 Å². The zero-order chi connectivity index (χ0) is 20.9. The van der Waals surface area contributed by atoms with Crippen molar-refractivity contribution in [3.05, 3.63) is 76.9 Å². The number of carbonyl (C=O) groups excluding carboxylic acids is 1. The van der Waals surface area contributed by atoms with Crippen molar-refractivity contribution in [3.63, 3.8) is 0 Å². The lowest BCUT2D eigenvalue weighted by molar-refractivity contribution is 0.0866. The molecule has 30 heavy (non-hydrogen) atoms. The van der Waals surface area contributed by atoms with Gasteiger partial charge in [0, 0.05) is 55.4 Å². The third-order valence-electron chi connectivity index (χ3n) is 5.70. The molecule has 1 unspecified atom stereocenters. The van der Waals surface area contributed by atoms with Crippen LogP contribution in [0.2, 0.25) is 5.02 Å². The van der Waals surface area contributed by atoms with Crippen molar-refractivity contribution < 1.29 is 4.79 Å². The third-order valence-corrected chi connectivity index (χ3v) is 5.92. The zero-order valence-corrected chi connectivity index (χ0v) is 18.0. The number of halogens is 1. The number of amides is 1. The van der Waals surface area contributed by atoms with E-state index >= 15 is 0 Å². The molecule has 6 heteroatoms. The van der Waals surface area contributed by atoms with Crippen LogP contribution < -0.4 is 5.32 Å². The van der Waals surface area contributed by atoms with Gasteiger partial charge in [0.25, 0.3) is 5.91 Å². The maximum atomic E-state index is 12.8. The summed E-state index contributed by atoms with van der Waals surface area (Å²) in [5.74, 6) is -0.126. The first-order chi connectivity index (χ1) is 14.6. The molecule has 0 aliphatic carbocycles. The molecule has 1 amide bonds. The van der Waals surface area contributed by atoms with Crippen molar-refractivity contribution in [2.75, 3.05) is 39.8 Å². The van der Waals surface area contributed by atoms with Gasteiger partial charge >= 0.3 is 0 Å². The number of pyridine rings is 1. The van der Waals surface area contributed by atoms with Crippen molar-refractivity contribution in [2.45, 2.75) is 12.5 Å². The number of nitrogens with one attached hydrogen (secondary N) is 1. The largest absolute Gasteiger partial charge is 0.352 e. The van der Waals surface area contributed by atoms with Gasteiger partial charge in [-0.3, -0.25) is 14.7 Å². The lowest BCUT2D eigenvalue weighted by Crippen LogP contribution is -2.47.